The second-order valence-electron chi connectivity index (χ2n) is 4.23. The Balaban J connectivity index is 2.70. The highest BCUT2D eigenvalue weighted by atomic mass is 35.5. The number of hydrogen-bond donors (Lipinski definition) is 1. The summed E-state index contributed by atoms with van der Waals surface area (Å²) in [7, 11) is 1.73. The molecule has 0 amide bonds. The third-order valence-electron chi connectivity index (χ3n) is 3.09. The number of hydrogen-bond acceptors (Lipinski definition) is 2. The monoisotopic (exact) mass is 277 g/mol. The smallest absolute Gasteiger partial charge is 0.341 e. The first kappa shape index (κ1) is 13.4. The normalized spacial score (nSPS) is 10.5. The maximum atomic E-state index is 11.9. The third kappa shape index (κ3) is 2.39. The van der Waals surface area contributed by atoms with Gasteiger partial charge in [0.1, 0.15) is 5.56 Å². The van der Waals surface area contributed by atoms with Crippen molar-refractivity contribution in [3.05, 3.63) is 56.8 Å². The molecule has 0 bridgehead atoms. The number of rotatable bonds is 2. The molecule has 5 heteroatoms. The SMILES string of the molecule is Cc1c(C(=O)O)c(=O)cc(-c2ccc(Cl)cc2)n1C. The molecule has 0 unspecified atom stereocenters. The van der Waals surface area contributed by atoms with Gasteiger partial charge >= 0.3 is 5.97 Å². The van der Waals surface area contributed by atoms with E-state index in [2.05, 4.69) is 0 Å². The van der Waals surface area contributed by atoms with Gasteiger partial charge in [-0.15, -0.1) is 0 Å². The van der Waals surface area contributed by atoms with Crippen molar-refractivity contribution in [1.29, 1.82) is 0 Å². The maximum Gasteiger partial charge on any atom is 0.341 e. The zero-order valence-corrected chi connectivity index (χ0v) is 11.2. The summed E-state index contributed by atoms with van der Waals surface area (Å²) >= 11 is 5.82. The molecular weight excluding hydrogens is 266 g/mol. The van der Waals surface area contributed by atoms with Gasteiger partial charge < -0.3 is 9.67 Å². The third-order valence-corrected chi connectivity index (χ3v) is 3.35. The number of aromatic carboxylic acids is 1. The minimum Gasteiger partial charge on any atom is -0.477 e. The lowest BCUT2D eigenvalue weighted by Gasteiger charge is -2.14. The lowest BCUT2D eigenvalue weighted by atomic mass is 10.1. The van der Waals surface area contributed by atoms with Crippen molar-refractivity contribution in [2.75, 3.05) is 0 Å². The summed E-state index contributed by atoms with van der Waals surface area (Å²) in [6.07, 6.45) is 0. The summed E-state index contributed by atoms with van der Waals surface area (Å²) in [5.74, 6) is -1.21. The average Bonchev–Trinajstić information content (AvgIpc) is 2.34. The predicted molar refractivity (Wildman–Crippen MR) is 73.8 cm³/mol. The molecule has 19 heavy (non-hydrogen) atoms. The zero-order valence-electron chi connectivity index (χ0n) is 10.5. The predicted octanol–water partition coefficient (Wildman–Crippen LogP) is 2.71. The minimum absolute atomic E-state index is 0.194. The molecule has 4 nitrogen and oxygen atoms in total. The molecule has 1 N–H and O–H groups in total. The number of nitrogens with zero attached hydrogens (tertiary/aromatic N) is 1. The van der Waals surface area contributed by atoms with Crippen molar-refractivity contribution < 1.29 is 9.90 Å². The summed E-state index contributed by atoms with van der Waals surface area (Å²) in [5, 5.41) is 9.64. The van der Waals surface area contributed by atoms with E-state index in [-0.39, 0.29) is 5.56 Å². The number of carboxylic acids is 1. The first-order valence-corrected chi connectivity index (χ1v) is 5.99. The topological polar surface area (TPSA) is 59.3 Å². The van der Waals surface area contributed by atoms with Crippen LogP contribution in [0, 0.1) is 6.92 Å². The van der Waals surface area contributed by atoms with Crippen molar-refractivity contribution >= 4 is 17.6 Å². The Morgan fingerprint density at radius 3 is 2.37 bits per heavy atom. The second-order valence-corrected chi connectivity index (χ2v) is 4.66. The van der Waals surface area contributed by atoms with Gasteiger partial charge in [-0.2, -0.15) is 0 Å². The van der Waals surface area contributed by atoms with Crippen molar-refractivity contribution in [3.8, 4) is 11.3 Å². The van der Waals surface area contributed by atoms with Crippen LogP contribution in [0.5, 0.6) is 0 Å². The number of halogens is 1. The molecule has 0 spiro atoms. The largest absolute Gasteiger partial charge is 0.477 e. The number of benzene rings is 1. The fourth-order valence-electron chi connectivity index (χ4n) is 1.98. The van der Waals surface area contributed by atoms with E-state index in [0.29, 0.717) is 16.4 Å². The van der Waals surface area contributed by atoms with Gasteiger partial charge in [0.15, 0.2) is 5.43 Å². The van der Waals surface area contributed by atoms with E-state index in [1.165, 1.54) is 6.07 Å². The van der Waals surface area contributed by atoms with Crippen LogP contribution in [0.3, 0.4) is 0 Å². The zero-order chi connectivity index (χ0) is 14.2. The van der Waals surface area contributed by atoms with Gasteiger partial charge in [-0.25, -0.2) is 4.79 Å². The van der Waals surface area contributed by atoms with E-state index in [1.807, 2.05) is 0 Å². The Kier molecular flexibility index (Phi) is 3.44. The maximum absolute atomic E-state index is 11.9. The van der Waals surface area contributed by atoms with Crippen LogP contribution in [-0.4, -0.2) is 15.6 Å². The first-order valence-electron chi connectivity index (χ1n) is 5.61. The van der Waals surface area contributed by atoms with E-state index < -0.39 is 11.4 Å². The molecule has 0 fully saturated rings. The van der Waals surface area contributed by atoms with Crippen LogP contribution in [0.1, 0.15) is 16.1 Å². The van der Waals surface area contributed by atoms with Crippen LogP contribution in [-0.2, 0) is 7.05 Å². The Morgan fingerprint density at radius 2 is 1.84 bits per heavy atom. The highest BCUT2D eigenvalue weighted by molar-refractivity contribution is 6.30. The molecule has 0 radical (unpaired) electrons. The van der Waals surface area contributed by atoms with Crippen LogP contribution in [0.15, 0.2) is 35.1 Å². The van der Waals surface area contributed by atoms with E-state index in [4.69, 9.17) is 16.7 Å². The number of carbonyl (C=O) groups is 1. The average molecular weight is 278 g/mol. The quantitative estimate of drug-likeness (QED) is 0.918. The Bertz CT molecular complexity index is 702. The van der Waals surface area contributed by atoms with E-state index in [9.17, 15) is 9.59 Å². The van der Waals surface area contributed by atoms with Crippen molar-refractivity contribution in [1.82, 2.24) is 4.57 Å². The van der Waals surface area contributed by atoms with Crippen LogP contribution in [0.2, 0.25) is 5.02 Å². The number of pyridine rings is 1. The standard InChI is InChI=1S/C14H12ClNO3/c1-8-13(14(18)19)12(17)7-11(16(8)2)9-3-5-10(15)6-4-9/h3-7H,1-2H3,(H,18,19). The van der Waals surface area contributed by atoms with Gasteiger partial charge in [0.05, 0.1) is 5.69 Å². The van der Waals surface area contributed by atoms with Gasteiger partial charge in [-0.3, -0.25) is 4.79 Å². The molecule has 0 aliphatic rings. The Hall–Kier alpha value is -2.07. The molecule has 1 heterocycles. The molecule has 1 aromatic heterocycles. The Labute approximate surface area is 114 Å². The van der Waals surface area contributed by atoms with Crippen molar-refractivity contribution in [3.63, 3.8) is 0 Å². The van der Waals surface area contributed by atoms with Crippen molar-refractivity contribution in [2.45, 2.75) is 6.92 Å². The lowest BCUT2D eigenvalue weighted by molar-refractivity contribution is 0.0693. The molecule has 2 aromatic rings. The fourth-order valence-corrected chi connectivity index (χ4v) is 2.10. The van der Waals surface area contributed by atoms with Gasteiger partial charge in [0.2, 0.25) is 0 Å². The molecule has 2 rings (SSSR count). The van der Waals surface area contributed by atoms with E-state index in [0.717, 1.165) is 5.56 Å². The second kappa shape index (κ2) is 4.90. The summed E-state index contributed by atoms with van der Waals surface area (Å²) < 4.78 is 1.69. The molecule has 0 atom stereocenters. The van der Waals surface area contributed by atoms with Crippen molar-refractivity contribution in [2.24, 2.45) is 7.05 Å². The summed E-state index contributed by atoms with van der Waals surface area (Å²) in [6.45, 7) is 1.62. The Morgan fingerprint density at radius 1 is 1.26 bits per heavy atom. The summed E-state index contributed by atoms with van der Waals surface area (Å²) in [6, 6.07) is 8.36. The fraction of sp³-hybridized carbons (Fsp3) is 0.143. The van der Waals surface area contributed by atoms with Gasteiger partial charge in [0, 0.05) is 23.8 Å². The molecule has 0 saturated carbocycles. The summed E-state index contributed by atoms with van der Waals surface area (Å²) in [4.78, 5) is 22.9. The van der Waals surface area contributed by atoms with E-state index >= 15 is 0 Å². The van der Waals surface area contributed by atoms with Crippen LogP contribution in [0.25, 0.3) is 11.3 Å². The highest BCUT2D eigenvalue weighted by Gasteiger charge is 2.16. The lowest BCUT2D eigenvalue weighted by Crippen LogP contribution is -2.21. The van der Waals surface area contributed by atoms with Gasteiger partial charge in [-0.1, -0.05) is 23.7 Å². The molecule has 0 saturated heterocycles. The van der Waals surface area contributed by atoms with E-state index in [1.54, 1.807) is 42.8 Å². The molecular formula is C14H12ClNO3. The number of aromatic nitrogens is 1. The first-order chi connectivity index (χ1) is 8.91. The molecule has 0 aliphatic carbocycles. The van der Waals surface area contributed by atoms with Crippen LogP contribution < -0.4 is 5.43 Å². The molecule has 98 valence electrons. The minimum atomic E-state index is -1.21. The van der Waals surface area contributed by atoms with Crippen LogP contribution >= 0.6 is 11.6 Å². The number of carboxylic acid groups (broad SMARTS) is 1. The highest BCUT2D eigenvalue weighted by Crippen LogP contribution is 2.21. The van der Waals surface area contributed by atoms with Gasteiger partial charge in [-0.05, 0) is 24.6 Å². The van der Waals surface area contributed by atoms with Crippen LogP contribution in [0.4, 0.5) is 0 Å². The summed E-state index contributed by atoms with van der Waals surface area (Å²) in [5.41, 5.74) is 1.20. The van der Waals surface area contributed by atoms with Gasteiger partial charge in [0.25, 0.3) is 0 Å². The molecule has 1 aromatic carbocycles. The molecule has 0 aliphatic heterocycles.